The summed E-state index contributed by atoms with van der Waals surface area (Å²) in [7, 11) is 0. The Morgan fingerprint density at radius 3 is 1.77 bits per heavy atom. The fraction of sp³-hybridized carbons (Fsp3) is 0.286. The molecule has 0 fully saturated rings. The monoisotopic (exact) mass is 503 g/mol. The van der Waals surface area contributed by atoms with Crippen LogP contribution >= 0.6 is 47.0 Å². The number of rotatable bonds is 7. The van der Waals surface area contributed by atoms with E-state index >= 15 is 0 Å². The van der Waals surface area contributed by atoms with Gasteiger partial charge in [-0.15, -0.1) is 0 Å². The molecule has 0 saturated carbocycles. The largest absolute Gasteiger partial charge is 0.371 e. The minimum atomic E-state index is 0.402. The van der Waals surface area contributed by atoms with Gasteiger partial charge < -0.3 is 16.6 Å². The van der Waals surface area contributed by atoms with Gasteiger partial charge in [0.15, 0.2) is 11.6 Å². The second-order valence-corrected chi connectivity index (χ2v) is 7.61. The van der Waals surface area contributed by atoms with E-state index in [1.54, 1.807) is 0 Å². The molecule has 0 aliphatic rings. The summed E-state index contributed by atoms with van der Waals surface area (Å²) in [6, 6.07) is 8.31. The van der Waals surface area contributed by atoms with Gasteiger partial charge >= 0.3 is 0 Å². The highest BCUT2D eigenvalue weighted by Crippen LogP contribution is 2.17. The fourth-order valence-electron chi connectivity index (χ4n) is 2.52. The van der Waals surface area contributed by atoms with Gasteiger partial charge in [-0.25, -0.2) is 9.35 Å². The number of aromatic nitrogens is 6. The van der Waals surface area contributed by atoms with E-state index in [0.29, 0.717) is 47.1 Å². The average molecular weight is 503 g/mol. The van der Waals surface area contributed by atoms with Crippen LogP contribution in [-0.4, -0.2) is 42.8 Å². The van der Waals surface area contributed by atoms with Crippen molar-refractivity contribution in [3.63, 3.8) is 0 Å². The summed E-state index contributed by atoms with van der Waals surface area (Å²) in [5.74, 6) is 13.2. The van der Waals surface area contributed by atoms with Crippen LogP contribution in [0.2, 0.25) is 0 Å². The van der Waals surface area contributed by atoms with Crippen LogP contribution in [0, 0.1) is 13.1 Å². The first-order chi connectivity index (χ1) is 12.5. The van der Waals surface area contributed by atoms with Gasteiger partial charge in [-0.05, 0) is 71.3 Å². The maximum absolute atomic E-state index is 5.89. The molecule has 26 heavy (non-hydrogen) atoms. The summed E-state index contributed by atoms with van der Waals surface area (Å²) in [5.41, 5.74) is 1.10. The van der Waals surface area contributed by atoms with Crippen molar-refractivity contribution in [2.24, 2.45) is 0 Å². The van der Waals surface area contributed by atoms with E-state index in [9.17, 15) is 0 Å². The first kappa shape index (κ1) is 18.8. The molecular formula is C14H18IN9S2. The molecule has 1 aromatic carbocycles. The van der Waals surface area contributed by atoms with Crippen molar-refractivity contribution in [3.05, 3.63) is 49.0 Å². The van der Waals surface area contributed by atoms with E-state index in [4.69, 9.17) is 36.1 Å². The van der Waals surface area contributed by atoms with Gasteiger partial charge in [0.2, 0.25) is 9.54 Å². The van der Waals surface area contributed by atoms with E-state index in [1.807, 2.05) is 0 Å². The van der Waals surface area contributed by atoms with Crippen LogP contribution in [0.15, 0.2) is 24.3 Å². The van der Waals surface area contributed by atoms with Crippen molar-refractivity contribution in [3.8, 4) is 0 Å². The molecule has 0 saturated heterocycles. The van der Waals surface area contributed by atoms with E-state index in [-0.39, 0.29) is 0 Å². The van der Waals surface area contributed by atoms with Crippen LogP contribution in [0.1, 0.15) is 11.6 Å². The number of nitrogens with one attached hydrogen (secondary N) is 2. The summed E-state index contributed by atoms with van der Waals surface area (Å²) in [6.45, 7) is 1.43. The molecule has 3 rings (SSSR count). The van der Waals surface area contributed by atoms with Gasteiger partial charge in [-0.1, -0.05) is 0 Å². The Bertz CT molecular complexity index is 927. The molecule has 0 aliphatic carbocycles. The zero-order valence-corrected chi connectivity index (χ0v) is 17.5. The highest BCUT2D eigenvalue weighted by Gasteiger charge is 2.12. The minimum absolute atomic E-state index is 0.402. The molecule has 0 aliphatic heterocycles. The number of anilines is 1. The lowest BCUT2D eigenvalue weighted by molar-refractivity contribution is 0.704. The van der Waals surface area contributed by atoms with Crippen molar-refractivity contribution >= 4 is 52.7 Å². The van der Waals surface area contributed by atoms with Crippen molar-refractivity contribution in [1.82, 2.24) is 29.7 Å². The Morgan fingerprint density at radius 2 is 1.38 bits per heavy atom. The Balaban J connectivity index is 1.75. The second kappa shape index (κ2) is 8.18. The molecule has 9 nitrogen and oxygen atoms in total. The van der Waals surface area contributed by atoms with Crippen LogP contribution in [0.3, 0.4) is 0 Å². The molecule has 0 amide bonds. The second-order valence-electron chi connectivity index (χ2n) is 5.59. The lowest BCUT2D eigenvalue weighted by Gasteiger charge is -2.24. The molecule has 3 aromatic rings. The summed E-state index contributed by atoms with van der Waals surface area (Å²) >= 11 is 12.4. The van der Waals surface area contributed by atoms with E-state index < -0.39 is 0 Å². The number of benzene rings is 1. The Labute approximate surface area is 173 Å². The standard InChI is InChI=1S/C14H18IN9S2/c15-9-1-3-10(4-2-9)22(7-5-11-18-20-13(25)23(11)16)8-6-12-19-21-14(26)24(12)17/h1-4H,5-8,16-17H2,(H,20,25)(H,21,26). The topological polar surface area (TPSA) is 122 Å². The van der Waals surface area contributed by atoms with Crippen LogP contribution in [0.4, 0.5) is 5.69 Å². The Kier molecular flexibility index (Phi) is 5.93. The van der Waals surface area contributed by atoms with Crippen molar-refractivity contribution in [1.29, 1.82) is 0 Å². The van der Waals surface area contributed by atoms with Crippen molar-refractivity contribution in [2.45, 2.75) is 12.8 Å². The third kappa shape index (κ3) is 4.24. The summed E-state index contributed by atoms with van der Waals surface area (Å²) in [4.78, 5) is 2.23. The number of nitrogens with zero attached hydrogens (tertiary/aromatic N) is 5. The molecule has 0 spiro atoms. The summed E-state index contributed by atoms with van der Waals surface area (Å²) < 4.78 is 4.77. The Hall–Kier alpha value is -1.93. The molecular weight excluding hydrogens is 485 g/mol. The number of nitrogen functional groups attached to an aromatic ring is 2. The third-order valence-corrected chi connectivity index (χ3v) is 5.25. The minimum Gasteiger partial charge on any atom is -0.371 e. The van der Waals surface area contributed by atoms with Crippen molar-refractivity contribution < 1.29 is 0 Å². The molecule has 0 unspecified atom stereocenters. The third-order valence-electron chi connectivity index (χ3n) is 3.96. The molecule has 0 radical (unpaired) electrons. The number of nitrogens with two attached hydrogens (primary N) is 2. The highest BCUT2D eigenvalue weighted by atomic mass is 127. The van der Waals surface area contributed by atoms with E-state index in [1.165, 1.54) is 12.9 Å². The first-order valence-electron chi connectivity index (χ1n) is 7.79. The quantitative estimate of drug-likeness (QED) is 0.219. The van der Waals surface area contributed by atoms with Crippen LogP contribution in [0.25, 0.3) is 0 Å². The van der Waals surface area contributed by atoms with Crippen molar-refractivity contribution in [2.75, 3.05) is 29.7 Å². The van der Waals surface area contributed by atoms with Crippen LogP contribution < -0.4 is 16.6 Å². The SMILES string of the molecule is Nn1c(CCN(CCc2n[nH]c(=S)n2N)c2ccc(I)cc2)n[nH]c1=S. The predicted octanol–water partition coefficient (Wildman–Crippen LogP) is 1.52. The summed E-state index contributed by atoms with van der Waals surface area (Å²) in [6.07, 6.45) is 1.29. The summed E-state index contributed by atoms with van der Waals surface area (Å²) in [5, 5.41) is 13.7. The zero-order chi connectivity index (χ0) is 18.7. The maximum atomic E-state index is 5.89. The molecule has 6 N–H and O–H groups in total. The lowest BCUT2D eigenvalue weighted by atomic mass is 10.2. The normalized spacial score (nSPS) is 11.0. The number of hydrogen-bond acceptors (Lipinski definition) is 7. The molecule has 2 heterocycles. The molecule has 2 aromatic heterocycles. The van der Waals surface area contributed by atoms with Gasteiger partial charge in [0.25, 0.3) is 0 Å². The number of aromatic amines is 2. The number of halogens is 1. The zero-order valence-electron chi connectivity index (χ0n) is 13.7. The van der Waals surface area contributed by atoms with E-state index in [0.717, 1.165) is 5.69 Å². The number of hydrogen-bond donors (Lipinski definition) is 4. The molecule has 138 valence electrons. The predicted molar refractivity (Wildman–Crippen MR) is 114 cm³/mol. The smallest absolute Gasteiger partial charge is 0.214 e. The van der Waals surface area contributed by atoms with Gasteiger partial charge in [0, 0.05) is 35.2 Å². The highest BCUT2D eigenvalue weighted by molar-refractivity contribution is 14.1. The Morgan fingerprint density at radius 1 is 0.923 bits per heavy atom. The van der Waals surface area contributed by atoms with Gasteiger partial charge in [-0.3, -0.25) is 10.2 Å². The molecule has 12 heteroatoms. The first-order valence-corrected chi connectivity index (χ1v) is 9.68. The molecule has 0 atom stereocenters. The van der Waals surface area contributed by atoms with Gasteiger partial charge in [0.05, 0.1) is 0 Å². The van der Waals surface area contributed by atoms with Crippen LogP contribution in [0.5, 0.6) is 0 Å². The van der Waals surface area contributed by atoms with Gasteiger partial charge in [0.1, 0.15) is 0 Å². The number of H-pyrrole nitrogens is 2. The van der Waals surface area contributed by atoms with Crippen LogP contribution in [-0.2, 0) is 12.8 Å². The lowest BCUT2D eigenvalue weighted by Crippen LogP contribution is -2.30. The molecule has 0 bridgehead atoms. The average Bonchev–Trinajstić information content (AvgIpc) is 3.12. The maximum Gasteiger partial charge on any atom is 0.214 e. The van der Waals surface area contributed by atoms with Gasteiger partial charge in [-0.2, -0.15) is 10.2 Å². The van der Waals surface area contributed by atoms with E-state index in [2.05, 4.69) is 72.2 Å². The fourth-order valence-corrected chi connectivity index (χ4v) is 3.18.